The van der Waals surface area contributed by atoms with Crippen LogP contribution in [0.4, 0.5) is 0 Å². The molecule has 0 amide bonds. The highest BCUT2D eigenvalue weighted by molar-refractivity contribution is 5.15. The maximum Gasteiger partial charge on any atom is 0.0758 e. The van der Waals surface area contributed by atoms with E-state index in [0.717, 1.165) is 31.7 Å². The van der Waals surface area contributed by atoms with Gasteiger partial charge in [0.05, 0.1) is 6.10 Å². The van der Waals surface area contributed by atoms with Gasteiger partial charge in [-0.2, -0.15) is 0 Å². The first kappa shape index (κ1) is 14.5. The van der Waals surface area contributed by atoms with Crippen LogP contribution in [-0.4, -0.2) is 30.3 Å². The van der Waals surface area contributed by atoms with Crippen LogP contribution in [-0.2, 0) is 17.6 Å². The summed E-state index contributed by atoms with van der Waals surface area (Å²) in [6, 6.07) is 4.72. The van der Waals surface area contributed by atoms with Crippen molar-refractivity contribution in [3.05, 3.63) is 29.6 Å². The first-order valence-corrected chi connectivity index (χ1v) is 7.53. The molecule has 3 nitrogen and oxygen atoms in total. The van der Waals surface area contributed by atoms with Gasteiger partial charge in [-0.05, 0) is 36.9 Å². The molecule has 3 heteroatoms. The Kier molecular flexibility index (Phi) is 5.34. The molecular formula is C16H26N2O. The van der Waals surface area contributed by atoms with Crippen molar-refractivity contribution in [3.63, 3.8) is 0 Å². The molecular weight excluding hydrogens is 236 g/mol. The van der Waals surface area contributed by atoms with Gasteiger partial charge >= 0.3 is 0 Å². The fourth-order valence-electron chi connectivity index (χ4n) is 2.81. The van der Waals surface area contributed by atoms with Crippen LogP contribution >= 0.6 is 0 Å². The van der Waals surface area contributed by atoms with Crippen LogP contribution in [0.25, 0.3) is 0 Å². The highest BCUT2D eigenvalue weighted by atomic mass is 16.5. The first-order chi connectivity index (χ1) is 9.24. The van der Waals surface area contributed by atoms with Crippen LogP contribution in [0.2, 0.25) is 0 Å². The minimum absolute atomic E-state index is 0.326. The van der Waals surface area contributed by atoms with Crippen molar-refractivity contribution in [2.45, 2.75) is 52.2 Å². The number of aromatic nitrogens is 1. The van der Waals surface area contributed by atoms with E-state index in [2.05, 4.69) is 43.2 Å². The summed E-state index contributed by atoms with van der Waals surface area (Å²) in [6.45, 7) is 8.47. The summed E-state index contributed by atoms with van der Waals surface area (Å²) in [5.41, 5.74) is 2.46. The predicted molar refractivity (Wildman–Crippen MR) is 78.3 cm³/mol. The minimum atomic E-state index is 0.326. The molecule has 3 atom stereocenters. The number of rotatable bonds is 6. The summed E-state index contributed by atoms with van der Waals surface area (Å²) in [5.74, 6) is 0.638. The maximum atomic E-state index is 5.91. The molecule has 0 spiro atoms. The number of nitrogens with one attached hydrogen (secondary N) is 1. The fourth-order valence-corrected chi connectivity index (χ4v) is 2.81. The minimum Gasteiger partial charge on any atom is -0.376 e. The summed E-state index contributed by atoms with van der Waals surface area (Å²) >= 11 is 0. The molecule has 0 aliphatic carbocycles. The molecule has 2 heterocycles. The second-order valence-corrected chi connectivity index (χ2v) is 5.48. The lowest BCUT2D eigenvalue weighted by Crippen LogP contribution is -2.43. The Balaban J connectivity index is 2.02. The average molecular weight is 262 g/mol. The Morgan fingerprint density at radius 1 is 1.42 bits per heavy atom. The smallest absolute Gasteiger partial charge is 0.0758 e. The molecule has 1 N–H and O–H groups in total. The van der Waals surface area contributed by atoms with Crippen LogP contribution in [0.5, 0.6) is 0 Å². The number of hydrogen-bond acceptors (Lipinski definition) is 3. The van der Waals surface area contributed by atoms with Gasteiger partial charge in [-0.25, -0.2) is 0 Å². The van der Waals surface area contributed by atoms with Gasteiger partial charge in [-0.1, -0.05) is 26.8 Å². The van der Waals surface area contributed by atoms with Crippen molar-refractivity contribution >= 4 is 0 Å². The first-order valence-electron chi connectivity index (χ1n) is 7.53. The lowest BCUT2D eigenvalue weighted by Gasteiger charge is -2.26. The van der Waals surface area contributed by atoms with E-state index in [1.54, 1.807) is 0 Å². The molecule has 1 aliphatic heterocycles. The SMILES string of the molecule is CCNC(Cc1ccc(CC)cn1)C1OCCC1C. The van der Waals surface area contributed by atoms with Crippen LogP contribution in [0.1, 0.15) is 38.4 Å². The summed E-state index contributed by atoms with van der Waals surface area (Å²) in [7, 11) is 0. The van der Waals surface area contributed by atoms with Gasteiger partial charge in [0, 0.05) is 31.0 Å². The number of hydrogen-bond donors (Lipinski definition) is 1. The van der Waals surface area contributed by atoms with Gasteiger partial charge in [-0.3, -0.25) is 4.98 Å². The molecule has 1 aromatic heterocycles. The van der Waals surface area contributed by atoms with Gasteiger partial charge in [0.1, 0.15) is 0 Å². The van der Waals surface area contributed by atoms with Gasteiger partial charge in [0.2, 0.25) is 0 Å². The van der Waals surface area contributed by atoms with Crippen molar-refractivity contribution < 1.29 is 4.74 Å². The van der Waals surface area contributed by atoms with Crippen LogP contribution in [0.3, 0.4) is 0 Å². The van der Waals surface area contributed by atoms with Crippen LogP contribution < -0.4 is 5.32 Å². The molecule has 0 bridgehead atoms. The number of likely N-dealkylation sites (N-methyl/N-ethyl adjacent to an activating group) is 1. The molecule has 3 unspecified atom stereocenters. The summed E-state index contributed by atoms with van der Waals surface area (Å²) < 4.78 is 5.91. The highest BCUT2D eigenvalue weighted by Gasteiger charge is 2.31. The lowest BCUT2D eigenvalue weighted by atomic mass is 9.94. The Bertz CT molecular complexity index is 377. The monoisotopic (exact) mass is 262 g/mol. The van der Waals surface area contributed by atoms with E-state index in [4.69, 9.17) is 4.74 Å². The third kappa shape index (κ3) is 3.77. The Morgan fingerprint density at radius 2 is 2.26 bits per heavy atom. The Labute approximate surface area is 116 Å². The van der Waals surface area contributed by atoms with E-state index < -0.39 is 0 Å². The van der Waals surface area contributed by atoms with Crippen molar-refractivity contribution in [2.75, 3.05) is 13.2 Å². The normalized spacial score (nSPS) is 24.6. The zero-order chi connectivity index (χ0) is 13.7. The molecule has 1 saturated heterocycles. The summed E-state index contributed by atoms with van der Waals surface area (Å²) in [5, 5.41) is 3.57. The van der Waals surface area contributed by atoms with Crippen molar-refractivity contribution in [2.24, 2.45) is 5.92 Å². The third-order valence-electron chi connectivity index (χ3n) is 4.03. The zero-order valence-electron chi connectivity index (χ0n) is 12.4. The summed E-state index contributed by atoms with van der Waals surface area (Å²) in [4.78, 5) is 4.57. The molecule has 1 fully saturated rings. The fraction of sp³-hybridized carbons (Fsp3) is 0.688. The van der Waals surface area contributed by atoms with Crippen LogP contribution in [0.15, 0.2) is 18.3 Å². The number of ether oxygens (including phenoxy) is 1. The van der Waals surface area contributed by atoms with Crippen molar-refractivity contribution in [1.82, 2.24) is 10.3 Å². The van der Waals surface area contributed by atoms with E-state index in [1.165, 1.54) is 12.0 Å². The predicted octanol–water partition coefficient (Wildman–Crippen LogP) is 2.59. The Morgan fingerprint density at radius 3 is 2.79 bits per heavy atom. The van der Waals surface area contributed by atoms with Gasteiger partial charge in [-0.15, -0.1) is 0 Å². The van der Waals surface area contributed by atoms with E-state index in [-0.39, 0.29) is 0 Å². The number of nitrogens with zero attached hydrogens (tertiary/aromatic N) is 1. The van der Waals surface area contributed by atoms with Gasteiger partial charge in [0.15, 0.2) is 0 Å². The van der Waals surface area contributed by atoms with E-state index in [1.807, 2.05) is 6.20 Å². The topological polar surface area (TPSA) is 34.2 Å². The molecule has 1 aliphatic rings. The lowest BCUT2D eigenvalue weighted by molar-refractivity contribution is 0.0612. The molecule has 0 saturated carbocycles. The molecule has 106 valence electrons. The zero-order valence-corrected chi connectivity index (χ0v) is 12.4. The summed E-state index contributed by atoms with van der Waals surface area (Å²) in [6.07, 6.45) is 5.50. The van der Waals surface area contributed by atoms with Crippen molar-refractivity contribution in [3.8, 4) is 0 Å². The van der Waals surface area contributed by atoms with E-state index in [9.17, 15) is 0 Å². The van der Waals surface area contributed by atoms with Gasteiger partial charge < -0.3 is 10.1 Å². The number of pyridine rings is 1. The van der Waals surface area contributed by atoms with Crippen molar-refractivity contribution in [1.29, 1.82) is 0 Å². The molecule has 1 aromatic rings. The van der Waals surface area contributed by atoms with E-state index >= 15 is 0 Å². The van der Waals surface area contributed by atoms with Gasteiger partial charge in [0.25, 0.3) is 0 Å². The standard InChI is InChI=1S/C16H26N2O/c1-4-13-6-7-14(18-11-13)10-15(17-5-2)16-12(3)8-9-19-16/h6-7,11-12,15-17H,4-5,8-10H2,1-3H3. The quantitative estimate of drug-likeness (QED) is 0.855. The average Bonchev–Trinajstić information content (AvgIpc) is 2.85. The molecule has 19 heavy (non-hydrogen) atoms. The Hall–Kier alpha value is -0.930. The molecule has 2 rings (SSSR count). The maximum absolute atomic E-state index is 5.91. The van der Waals surface area contributed by atoms with E-state index in [0.29, 0.717) is 18.1 Å². The van der Waals surface area contributed by atoms with Crippen LogP contribution in [0, 0.1) is 5.92 Å². The second kappa shape index (κ2) is 7.01. The molecule has 0 aromatic carbocycles. The highest BCUT2D eigenvalue weighted by Crippen LogP contribution is 2.24. The second-order valence-electron chi connectivity index (χ2n) is 5.48. The third-order valence-corrected chi connectivity index (χ3v) is 4.03. The largest absolute Gasteiger partial charge is 0.376 e. The molecule has 0 radical (unpaired) electrons. The number of aryl methyl sites for hydroxylation is 1.